The highest BCUT2D eigenvalue weighted by atomic mass is 79.9. The van der Waals surface area contributed by atoms with Crippen molar-refractivity contribution in [1.82, 2.24) is 0 Å². The highest BCUT2D eigenvalue weighted by Gasteiger charge is 2.09. The molecule has 0 unspecified atom stereocenters. The average Bonchev–Trinajstić information content (AvgIpc) is 2.38. The molecule has 2 aromatic rings. The van der Waals surface area contributed by atoms with E-state index in [4.69, 9.17) is 4.74 Å². The van der Waals surface area contributed by atoms with Gasteiger partial charge in [-0.05, 0) is 37.3 Å². The van der Waals surface area contributed by atoms with Gasteiger partial charge in [-0.3, -0.25) is 4.79 Å². The minimum atomic E-state index is -0.601. The molecule has 2 aromatic carbocycles. The molecule has 20 heavy (non-hydrogen) atoms. The molecule has 0 aromatic heterocycles. The number of halogens is 3. The molecule has 0 aliphatic carbocycles. The van der Waals surface area contributed by atoms with E-state index in [1.165, 1.54) is 31.2 Å². The molecule has 104 valence electrons. The van der Waals surface area contributed by atoms with Crippen LogP contribution in [0.15, 0.2) is 40.9 Å². The summed E-state index contributed by atoms with van der Waals surface area (Å²) in [5, 5.41) is 0. The Morgan fingerprint density at radius 1 is 1.20 bits per heavy atom. The van der Waals surface area contributed by atoms with Crippen molar-refractivity contribution in [2.45, 2.75) is 13.5 Å². The monoisotopic (exact) mass is 340 g/mol. The summed E-state index contributed by atoms with van der Waals surface area (Å²) in [5.41, 5.74) is 0.985. The number of carbonyl (C=O) groups is 1. The summed E-state index contributed by atoms with van der Waals surface area (Å²) in [4.78, 5) is 11.1. The zero-order valence-electron chi connectivity index (χ0n) is 10.6. The highest BCUT2D eigenvalue weighted by molar-refractivity contribution is 9.10. The molecule has 2 nitrogen and oxygen atoms in total. The summed E-state index contributed by atoms with van der Waals surface area (Å²) >= 11 is 3.21. The van der Waals surface area contributed by atoms with Crippen LogP contribution in [0.3, 0.4) is 0 Å². The van der Waals surface area contributed by atoms with Crippen molar-refractivity contribution in [3.05, 3.63) is 63.6 Å². The van der Waals surface area contributed by atoms with Crippen molar-refractivity contribution in [3.63, 3.8) is 0 Å². The second kappa shape index (κ2) is 6.13. The van der Waals surface area contributed by atoms with Crippen LogP contribution in [0.1, 0.15) is 22.8 Å². The standard InChI is InChI=1S/C15H11BrF2O2/c1-9(19)10-3-5-15(14(18)6-10)20-8-11-2-4-12(17)7-13(11)16/h2-7H,8H2,1H3. The first kappa shape index (κ1) is 14.7. The zero-order valence-corrected chi connectivity index (χ0v) is 12.2. The zero-order chi connectivity index (χ0) is 14.7. The number of benzene rings is 2. The number of hydrogen-bond donors (Lipinski definition) is 0. The SMILES string of the molecule is CC(=O)c1ccc(OCc2ccc(F)cc2Br)c(F)c1. The average molecular weight is 341 g/mol. The first-order valence-electron chi connectivity index (χ1n) is 5.84. The van der Waals surface area contributed by atoms with Crippen LogP contribution >= 0.6 is 15.9 Å². The normalized spacial score (nSPS) is 10.4. The summed E-state index contributed by atoms with van der Waals surface area (Å²) in [7, 11) is 0. The van der Waals surface area contributed by atoms with E-state index in [0.29, 0.717) is 10.0 Å². The minimum Gasteiger partial charge on any atom is -0.486 e. The summed E-state index contributed by atoms with van der Waals surface area (Å²) < 4.78 is 32.6. The van der Waals surface area contributed by atoms with Gasteiger partial charge < -0.3 is 4.74 Å². The Kier molecular flexibility index (Phi) is 4.49. The van der Waals surface area contributed by atoms with E-state index in [2.05, 4.69) is 15.9 Å². The van der Waals surface area contributed by atoms with Crippen molar-refractivity contribution < 1.29 is 18.3 Å². The van der Waals surface area contributed by atoms with E-state index in [1.807, 2.05) is 0 Å². The van der Waals surface area contributed by atoms with E-state index in [-0.39, 0.29) is 29.5 Å². The molecular weight excluding hydrogens is 330 g/mol. The quantitative estimate of drug-likeness (QED) is 0.765. The lowest BCUT2D eigenvalue weighted by atomic mass is 10.1. The smallest absolute Gasteiger partial charge is 0.165 e. The molecule has 0 radical (unpaired) electrons. The number of hydrogen-bond acceptors (Lipinski definition) is 2. The van der Waals surface area contributed by atoms with Crippen molar-refractivity contribution in [2.75, 3.05) is 0 Å². The Morgan fingerprint density at radius 3 is 2.55 bits per heavy atom. The van der Waals surface area contributed by atoms with Crippen molar-refractivity contribution in [2.24, 2.45) is 0 Å². The maximum Gasteiger partial charge on any atom is 0.165 e. The van der Waals surface area contributed by atoms with E-state index >= 15 is 0 Å². The Morgan fingerprint density at radius 2 is 1.95 bits per heavy atom. The molecule has 0 N–H and O–H groups in total. The van der Waals surface area contributed by atoms with E-state index in [1.54, 1.807) is 6.07 Å². The summed E-state index contributed by atoms with van der Waals surface area (Å²) in [6.07, 6.45) is 0. The summed E-state index contributed by atoms with van der Waals surface area (Å²) in [5.74, 6) is -1.13. The molecule has 2 rings (SSSR count). The second-order valence-electron chi connectivity index (χ2n) is 4.23. The molecule has 0 spiro atoms. The molecule has 0 fully saturated rings. The maximum atomic E-state index is 13.7. The summed E-state index contributed by atoms with van der Waals surface area (Å²) in [6.45, 7) is 1.46. The van der Waals surface area contributed by atoms with Gasteiger partial charge in [-0.15, -0.1) is 0 Å². The first-order valence-corrected chi connectivity index (χ1v) is 6.64. The van der Waals surface area contributed by atoms with Gasteiger partial charge in [-0.25, -0.2) is 8.78 Å². The van der Waals surface area contributed by atoms with Crippen molar-refractivity contribution in [1.29, 1.82) is 0 Å². The molecule has 0 heterocycles. The lowest BCUT2D eigenvalue weighted by Crippen LogP contribution is -2.00. The second-order valence-corrected chi connectivity index (χ2v) is 5.08. The lowest BCUT2D eigenvalue weighted by Gasteiger charge is -2.09. The maximum absolute atomic E-state index is 13.7. The fraction of sp³-hybridized carbons (Fsp3) is 0.133. The first-order chi connectivity index (χ1) is 9.47. The highest BCUT2D eigenvalue weighted by Crippen LogP contribution is 2.23. The van der Waals surface area contributed by atoms with E-state index in [9.17, 15) is 13.6 Å². The van der Waals surface area contributed by atoms with Gasteiger partial charge in [0.05, 0.1) is 0 Å². The number of ketones is 1. The molecular formula is C15H11BrF2O2. The number of Topliss-reactive ketones (excluding diaryl/α,β-unsaturated/α-hetero) is 1. The van der Waals surface area contributed by atoms with Gasteiger partial charge in [0.2, 0.25) is 0 Å². The molecule has 0 atom stereocenters. The van der Waals surface area contributed by atoms with Gasteiger partial charge in [-0.1, -0.05) is 22.0 Å². The third-order valence-electron chi connectivity index (χ3n) is 2.74. The number of rotatable bonds is 4. The number of carbonyl (C=O) groups excluding carboxylic acids is 1. The van der Waals surface area contributed by atoms with Crippen molar-refractivity contribution in [3.8, 4) is 5.75 Å². The van der Waals surface area contributed by atoms with Crippen LogP contribution in [-0.4, -0.2) is 5.78 Å². The van der Waals surface area contributed by atoms with Gasteiger partial charge in [-0.2, -0.15) is 0 Å². The fourth-order valence-electron chi connectivity index (χ4n) is 1.63. The van der Waals surface area contributed by atoms with Gasteiger partial charge in [0, 0.05) is 15.6 Å². The van der Waals surface area contributed by atoms with Crippen LogP contribution in [0.5, 0.6) is 5.75 Å². The fourth-order valence-corrected chi connectivity index (χ4v) is 2.10. The Hall–Kier alpha value is -1.75. The molecule has 0 aliphatic heterocycles. The van der Waals surface area contributed by atoms with Gasteiger partial charge in [0.1, 0.15) is 12.4 Å². The van der Waals surface area contributed by atoms with E-state index < -0.39 is 5.82 Å². The van der Waals surface area contributed by atoms with Crippen LogP contribution in [0.25, 0.3) is 0 Å². The molecule has 0 amide bonds. The van der Waals surface area contributed by atoms with Crippen LogP contribution in [0, 0.1) is 11.6 Å². The molecule has 0 saturated carbocycles. The molecule has 0 saturated heterocycles. The van der Waals surface area contributed by atoms with Crippen LogP contribution in [0.4, 0.5) is 8.78 Å². The third-order valence-corrected chi connectivity index (χ3v) is 3.47. The van der Waals surface area contributed by atoms with Gasteiger partial charge in [0.15, 0.2) is 17.3 Å². The minimum absolute atomic E-state index is 0.0474. The van der Waals surface area contributed by atoms with Crippen LogP contribution < -0.4 is 4.74 Å². The van der Waals surface area contributed by atoms with E-state index in [0.717, 1.165) is 6.07 Å². The predicted octanol–water partition coefficient (Wildman–Crippen LogP) is 4.51. The molecule has 0 bridgehead atoms. The van der Waals surface area contributed by atoms with Gasteiger partial charge in [0.25, 0.3) is 0 Å². The topological polar surface area (TPSA) is 26.3 Å². The predicted molar refractivity (Wildman–Crippen MR) is 74.8 cm³/mol. The Labute approximate surface area is 123 Å². The lowest BCUT2D eigenvalue weighted by molar-refractivity contribution is 0.101. The Balaban J connectivity index is 2.13. The third kappa shape index (κ3) is 3.42. The largest absolute Gasteiger partial charge is 0.486 e. The van der Waals surface area contributed by atoms with Crippen LogP contribution in [-0.2, 0) is 6.61 Å². The summed E-state index contributed by atoms with van der Waals surface area (Å²) in [6, 6.07) is 8.22. The number of ether oxygens (including phenoxy) is 1. The van der Waals surface area contributed by atoms with Crippen molar-refractivity contribution >= 4 is 21.7 Å². The molecule has 0 aliphatic rings. The molecule has 5 heteroatoms. The Bertz CT molecular complexity index is 656. The van der Waals surface area contributed by atoms with Crippen LogP contribution in [0.2, 0.25) is 0 Å². The van der Waals surface area contributed by atoms with Gasteiger partial charge >= 0.3 is 0 Å².